The summed E-state index contributed by atoms with van der Waals surface area (Å²) in [6, 6.07) is 0. The van der Waals surface area contributed by atoms with Crippen LogP contribution in [-0.2, 0) is 0 Å². The zero-order valence-electron chi connectivity index (χ0n) is 8.95. The van der Waals surface area contributed by atoms with Crippen molar-refractivity contribution < 1.29 is 0 Å². The SMILES string of the molecule is CC1(S)CC2CC1C1C3CCC(C3)C21. The van der Waals surface area contributed by atoms with Gasteiger partial charge in [0.2, 0.25) is 0 Å². The fourth-order valence-corrected chi connectivity index (χ4v) is 6.40. The Morgan fingerprint density at radius 3 is 2.50 bits per heavy atom. The van der Waals surface area contributed by atoms with E-state index in [9.17, 15) is 0 Å². The summed E-state index contributed by atoms with van der Waals surface area (Å²) in [5.74, 6) is 6.57. The molecule has 0 heterocycles. The fourth-order valence-electron chi connectivity index (χ4n) is 5.89. The van der Waals surface area contributed by atoms with Gasteiger partial charge in [-0.05, 0) is 67.6 Å². The molecule has 4 rings (SSSR count). The molecule has 0 aromatic rings. The van der Waals surface area contributed by atoms with Crippen molar-refractivity contribution in [3.8, 4) is 0 Å². The first-order valence-corrected chi connectivity index (χ1v) is 6.84. The van der Waals surface area contributed by atoms with E-state index in [1.807, 2.05) is 0 Å². The van der Waals surface area contributed by atoms with Crippen LogP contribution in [0.1, 0.15) is 39.0 Å². The summed E-state index contributed by atoms with van der Waals surface area (Å²) in [6.45, 7) is 2.41. The number of hydrogen-bond donors (Lipinski definition) is 1. The minimum atomic E-state index is 0.399. The van der Waals surface area contributed by atoms with Gasteiger partial charge in [0.05, 0.1) is 0 Å². The molecular formula is C13H20S. The van der Waals surface area contributed by atoms with Crippen LogP contribution in [-0.4, -0.2) is 4.75 Å². The van der Waals surface area contributed by atoms with Crippen molar-refractivity contribution >= 4 is 12.6 Å². The normalized spacial score (nSPS) is 69.0. The summed E-state index contributed by atoms with van der Waals surface area (Å²) in [6.07, 6.45) is 7.66. The molecule has 4 aliphatic carbocycles. The van der Waals surface area contributed by atoms with E-state index in [1.54, 1.807) is 19.3 Å². The second kappa shape index (κ2) is 2.36. The third kappa shape index (κ3) is 0.809. The summed E-state index contributed by atoms with van der Waals surface area (Å²) >= 11 is 4.93. The molecule has 4 fully saturated rings. The second-order valence-electron chi connectivity index (χ2n) is 6.65. The van der Waals surface area contributed by atoms with E-state index in [1.165, 1.54) is 12.8 Å². The molecule has 0 N–H and O–H groups in total. The van der Waals surface area contributed by atoms with E-state index in [0.717, 1.165) is 35.5 Å². The molecule has 4 aliphatic rings. The van der Waals surface area contributed by atoms with E-state index < -0.39 is 0 Å². The average Bonchev–Trinajstić information content (AvgIpc) is 2.73. The molecule has 0 radical (unpaired) electrons. The van der Waals surface area contributed by atoms with Crippen LogP contribution in [0.25, 0.3) is 0 Å². The van der Waals surface area contributed by atoms with Crippen LogP contribution < -0.4 is 0 Å². The van der Waals surface area contributed by atoms with Crippen LogP contribution in [0, 0.1) is 35.5 Å². The predicted octanol–water partition coefficient (Wildman–Crippen LogP) is 3.38. The van der Waals surface area contributed by atoms with Crippen molar-refractivity contribution in [3.05, 3.63) is 0 Å². The largest absolute Gasteiger partial charge is 0.172 e. The highest BCUT2D eigenvalue weighted by atomic mass is 32.1. The molecule has 0 aromatic carbocycles. The van der Waals surface area contributed by atoms with Gasteiger partial charge >= 0.3 is 0 Å². The van der Waals surface area contributed by atoms with Gasteiger partial charge in [-0.25, -0.2) is 0 Å². The average molecular weight is 208 g/mol. The number of rotatable bonds is 0. The van der Waals surface area contributed by atoms with Crippen molar-refractivity contribution in [1.82, 2.24) is 0 Å². The lowest BCUT2D eigenvalue weighted by molar-refractivity contribution is 0.126. The monoisotopic (exact) mass is 208 g/mol. The zero-order chi connectivity index (χ0) is 9.50. The Kier molecular flexibility index (Phi) is 1.43. The molecule has 0 aromatic heterocycles. The maximum atomic E-state index is 4.93. The quantitative estimate of drug-likeness (QED) is 0.458. The second-order valence-corrected chi connectivity index (χ2v) is 7.67. The minimum absolute atomic E-state index is 0.399. The lowest BCUT2D eigenvalue weighted by atomic mass is 9.67. The van der Waals surface area contributed by atoms with E-state index >= 15 is 0 Å². The smallest absolute Gasteiger partial charge is 0.0135 e. The minimum Gasteiger partial charge on any atom is -0.172 e. The molecule has 1 heteroatoms. The van der Waals surface area contributed by atoms with Gasteiger partial charge in [0.1, 0.15) is 0 Å². The Balaban J connectivity index is 1.75. The van der Waals surface area contributed by atoms with E-state index in [4.69, 9.17) is 12.6 Å². The summed E-state index contributed by atoms with van der Waals surface area (Å²) in [7, 11) is 0. The van der Waals surface area contributed by atoms with Gasteiger partial charge in [-0.1, -0.05) is 6.92 Å². The summed E-state index contributed by atoms with van der Waals surface area (Å²) in [5.41, 5.74) is 0. The third-order valence-corrected chi connectivity index (χ3v) is 6.60. The molecule has 4 bridgehead atoms. The Morgan fingerprint density at radius 1 is 1.00 bits per heavy atom. The molecule has 7 atom stereocenters. The molecule has 0 amide bonds. The molecule has 4 saturated carbocycles. The maximum Gasteiger partial charge on any atom is 0.0135 e. The van der Waals surface area contributed by atoms with Gasteiger partial charge in [0, 0.05) is 4.75 Å². The van der Waals surface area contributed by atoms with Crippen LogP contribution in [0.3, 0.4) is 0 Å². The Morgan fingerprint density at radius 2 is 1.71 bits per heavy atom. The topological polar surface area (TPSA) is 0 Å². The zero-order valence-corrected chi connectivity index (χ0v) is 9.84. The van der Waals surface area contributed by atoms with Gasteiger partial charge in [-0.3, -0.25) is 0 Å². The Hall–Kier alpha value is 0.350. The van der Waals surface area contributed by atoms with Crippen molar-refractivity contribution in [2.45, 2.75) is 43.8 Å². The highest BCUT2D eigenvalue weighted by Gasteiger charge is 2.64. The standard InChI is InChI=1S/C13H20S/c1-13(14)6-9-5-10(13)12-8-3-2-7(4-8)11(9)12/h7-12,14H,2-6H2,1H3. The van der Waals surface area contributed by atoms with Crippen LogP contribution in [0.5, 0.6) is 0 Å². The Labute approximate surface area is 92.3 Å². The first-order chi connectivity index (χ1) is 6.67. The Bertz CT molecular complexity index is 283. The van der Waals surface area contributed by atoms with Gasteiger partial charge in [0.15, 0.2) is 0 Å². The number of hydrogen-bond acceptors (Lipinski definition) is 1. The first kappa shape index (κ1) is 8.50. The van der Waals surface area contributed by atoms with E-state index in [-0.39, 0.29) is 0 Å². The van der Waals surface area contributed by atoms with Crippen molar-refractivity contribution in [2.24, 2.45) is 35.5 Å². The van der Waals surface area contributed by atoms with Gasteiger partial charge in [-0.2, -0.15) is 12.6 Å². The molecule has 14 heavy (non-hydrogen) atoms. The molecular weight excluding hydrogens is 188 g/mol. The van der Waals surface area contributed by atoms with E-state index in [0.29, 0.717) is 4.75 Å². The molecule has 0 nitrogen and oxygen atoms in total. The fraction of sp³-hybridized carbons (Fsp3) is 1.00. The van der Waals surface area contributed by atoms with Crippen LogP contribution in [0.2, 0.25) is 0 Å². The van der Waals surface area contributed by atoms with Crippen LogP contribution in [0.4, 0.5) is 0 Å². The maximum absolute atomic E-state index is 4.93. The van der Waals surface area contributed by atoms with Gasteiger partial charge in [-0.15, -0.1) is 0 Å². The van der Waals surface area contributed by atoms with Crippen molar-refractivity contribution in [3.63, 3.8) is 0 Å². The molecule has 0 aliphatic heterocycles. The molecule has 0 spiro atoms. The molecule has 78 valence electrons. The van der Waals surface area contributed by atoms with Crippen LogP contribution in [0.15, 0.2) is 0 Å². The van der Waals surface area contributed by atoms with E-state index in [2.05, 4.69) is 6.92 Å². The number of fused-ring (bicyclic) bond motifs is 9. The van der Waals surface area contributed by atoms with Gasteiger partial charge in [0.25, 0.3) is 0 Å². The van der Waals surface area contributed by atoms with Crippen molar-refractivity contribution in [1.29, 1.82) is 0 Å². The predicted molar refractivity (Wildman–Crippen MR) is 61.4 cm³/mol. The summed E-state index contributed by atoms with van der Waals surface area (Å²) < 4.78 is 0.399. The lowest BCUT2D eigenvalue weighted by Gasteiger charge is -2.42. The summed E-state index contributed by atoms with van der Waals surface area (Å²) in [4.78, 5) is 0. The first-order valence-electron chi connectivity index (χ1n) is 6.39. The molecule has 0 saturated heterocycles. The molecule has 7 unspecified atom stereocenters. The van der Waals surface area contributed by atoms with Gasteiger partial charge < -0.3 is 0 Å². The van der Waals surface area contributed by atoms with Crippen LogP contribution >= 0.6 is 12.6 Å². The van der Waals surface area contributed by atoms with Crippen molar-refractivity contribution in [2.75, 3.05) is 0 Å². The highest BCUT2D eigenvalue weighted by Crippen LogP contribution is 2.70. The summed E-state index contributed by atoms with van der Waals surface area (Å²) in [5, 5.41) is 0. The lowest BCUT2D eigenvalue weighted by Crippen LogP contribution is -2.39. The highest BCUT2D eigenvalue weighted by molar-refractivity contribution is 7.81. The third-order valence-electron chi connectivity index (χ3n) is 6.09. The number of thiol groups is 1.